The molecule has 0 spiro atoms. The summed E-state index contributed by atoms with van der Waals surface area (Å²) in [5, 5.41) is 9.96. The number of hydrogen-bond donors (Lipinski definition) is 1. The van der Waals surface area contributed by atoms with Crippen LogP contribution in [0.4, 0.5) is 4.79 Å². The summed E-state index contributed by atoms with van der Waals surface area (Å²) in [5.41, 5.74) is 0.581. The van der Waals surface area contributed by atoms with Gasteiger partial charge in [0.05, 0.1) is 31.4 Å². The molecular weight excluding hydrogens is 286 g/mol. The highest BCUT2D eigenvalue weighted by atomic mass is 16.6. The van der Waals surface area contributed by atoms with Gasteiger partial charge in [-0.15, -0.1) is 0 Å². The number of carbonyl (C=O) groups is 2. The van der Waals surface area contributed by atoms with Crippen LogP contribution in [0, 0.1) is 0 Å². The van der Waals surface area contributed by atoms with Gasteiger partial charge in [0.2, 0.25) is 0 Å². The summed E-state index contributed by atoms with van der Waals surface area (Å²) in [5.74, 6) is -0.426. The summed E-state index contributed by atoms with van der Waals surface area (Å²) in [6.45, 7) is 5.61. The zero-order valence-electron chi connectivity index (χ0n) is 13.2. The van der Waals surface area contributed by atoms with E-state index in [9.17, 15) is 14.7 Å². The Morgan fingerprint density at radius 1 is 1.23 bits per heavy atom. The van der Waals surface area contributed by atoms with Crippen LogP contribution in [0.15, 0.2) is 24.3 Å². The van der Waals surface area contributed by atoms with Crippen LogP contribution in [-0.4, -0.2) is 47.4 Å². The molecule has 0 saturated carbocycles. The Balaban J connectivity index is 2.13. The molecule has 1 aliphatic heterocycles. The maximum Gasteiger partial charge on any atom is 0.410 e. The third kappa shape index (κ3) is 3.39. The number of nitrogens with zero attached hydrogens (tertiary/aromatic N) is 1. The van der Waals surface area contributed by atoms with E-state index in [1.54, 1.807) is 45.0 Å². The highest BCUT2D eigenvalue weighted by molar-refractivity contribution is 5.89. The second kappa shape index (κ2) is 5.96. The quantitative estimate of drug-likeness (QED) is 0.847. The molecule has 22 heavy (non-hydrogen) atoms. The first-order chi connectivity index (χ1) is 10.2. The molecule has 1 fully saturated rings. The van der Waals surface area contributed by atoms with E-state index in [4.69, 9.17) is 4.74 Å². The third-order valence-electron chi connectivity index (χ3n) is 3.39. The predicted octanol–water partition coefficient (Wildman–Crippen LogP) is 2.13. The Bertz CT molecular complexity index is 561. The fourth-order valence-electron chi connectivity index (χ4n) is 2.33. The van der Waals surface area contributed by atoms with Crippen LogP contribution in [0.5, 0.6) is 0 Å². The number of aliphatic hydroxyl groups is 1. The molecule has 2 rings (SSSR count). The fourth-order valence-corrected chi connectivity index (χ4v) is 2.33. The number of methoxy groups -OCH3 is 1. The first-order valence-corrected chi connectivity index (χ1v) is 7.09. The lowest BCUT2D eigenvalue weighted by Gasteiger charge is -2.45. The molecule has 0 unspecified atom stereocenters. The summed E-state index contributed by atoms with van der Waals surface area (Å²) in [6, 6.07) is 6.17. The van der Waals surface area contributed by atoms with Gasteiger partial charge in [0.1, 0.15) is 5.60 Å². The van der Waals surface area contributed by atoms with E-state index in [2.05, 4.69) is 4.74 Å². The van der Waals surface area contributed by atoms with Crippen LogP contribution in [0.2, 0.25) is 0 Å². The zero-order chi connectivity index (χ0) is 16.5. The van der Waals surface area contributed by atoms with Gasteiger partial charge in [-0.2, -0.15) is 0 Å². The van der Waals surface area contributed by atoms with Crippen molar-refractivity contribution in [1.82, 2.24) is 4.90 Å². The van der Waals surface area contributed by atoms with Crippen molar-refractivity contribution >= 4 is 12.1 Å². The lowest BCUT2D eigenvalue weighted by molar-refractivity contribution is -0.0723. The van der Waals surface area contributed by atoms with Gasteiger partial charge in [-0.3, -0.25) is 4.90 Å². The average molecular weight is 307 g/mol. The van der Waals surface area contributed by atoms with Crippen LogP contribution in [0.1, 0.15) is 42.7 Å². The minimum absolute atomic E-state index is 0.234. The molecule has 1 aromatic carbocycles. The molecule has 2 atom stereocenters. The maximum atomic E-state index is 12.1. The first-order valence-electron chi connectivity index (χ1n) is 7.09. The van der Waals surface area contributed by atoms with E-state index < -0.39 is 29.8 Å². The Labute approximate surface area is 129 Å². The Hall–Kier alpha value is -2.08. The number of benzene rings is 1. The van der Waals surface area contributed by atoms with Crippen molar-refractivity contribution < 1.29 is 24.2 Å². The number of β-amino-alcohol motifs (C(OH)–C–C–N with tert-alkyl or cyclic N) is 1. The van der Waals surface area contributed by atoms with Crippen molar-refractivity contribution in [3.05, 3.63) is 35.4 Å². The topological polar surface area (TPSA) is 76.1 Å². The lowest BCUT2D eigenvalue weighted by Crippen LogP contribution is -2.57. The standard InChI is InChI=1S/C16H21NO5/c1-16(2,3)22-15(20)17-9-12(18)13(17)10-5-7-11(8-6-10)14(19)21-4/h5-8,12-13,18H,9H2,1-4H3/t12-,13+/m0/s1. The number of likely N-dealkylation sites (tertiary alicyclic amines) is 1. The second-order valence-electron chi connectivity index (χ2n) is 6.26. The van der Waals surface area contributed by atoms with Crippen molar-refractivity contribution in [2.45, 2.75) is 38.5 Å². The molecule has 1 saturated heterocycles. The zero-order valence-corrected chi connectivity index (χ0v) is 13.2. The van der Waals surface area contributed by atoms with Gasteiger partial charge >= 0.3 is 12.1 Å². The molecule has 6 heteroatoms. The molecule has 0 aromatic heterocycles. The molecule has 0 aliphatic carbocycles. The third-order valence-corrected chi connectivity index (χ3v) is 3.39. The molecule has 1 amide bonds. The van der Waals surface area contributed by atoms with Crippen molar-refractivity contribution in [2.75, 3.05) is 13.7 Å². The van der Waals surface area contributed by atoms with Gasteiger partial charge in [-0.25, -0.2) is 9.59 Å². The monoisotopic (exact) mass is 307 g/mol. The molecule has 120 valence electrons. The number of rotatable bonds is 2. The molecule has 0 bridgehead atoms. The van der Waals surface area contributed by atoms with E-state index in [0.717, 1.165) is 5.56 Å². The summed E-state index contributed by atoms with van der Waals surface area (Å²) in [4.78, 5) is 25.0. The first kappa shape index (κ1) is 16.3. The Morgan fingerprint density at radius 2 is 1.82 bits per heavy atom. The van der Waals surface area contributed by atoms with Crippen LogP contribution in [0.25, 0.3) is 0 Å². The average Bonchev–Trinajstić information content (AvgIpc) is 2.42. The number of hydrogen-bond acceptors (Lipinski definition) is 5. The normalized spacial score (nSPS) is 21.0. The smallest absolute Gasteiger partial charge is 0.410 e. The van der Waals surface area contributed by atoms with Gasteiger partial charge < -0.3 is 14.6 Å². The van der Waals surface area contributed by atoms with E-state index in [-0.39, 0.29) is 6.54 Å². The number of esters is 1. The van der Waals surface area contributed by atoms with Gasteiger partial charge in [-0.05, 0) is 38.5 Å². The van der Waals surface area contributed by atoms with E-state index in [1.165, 1.54) is 12.0 Å². The van der Waals surface area contributed by atoms with Crippen LogP contribution >= 0.6 is 0 Å². The van der Waals surface area contributed by atoms with E-state index in [0.29, 0.717) is 5.56 Å². The highest BCUT2D eigenvalue weighted by Gasteiger charge is 2.43. The van der Waals surface area contributed by atoms with Gasteiger partial charge in [0.25, 0.3) is 0 Å². The van der Waals surface area contributed by atoms with Crippen molar-refractivity contribution in [3.8, 4) is 0 Å². The molecule has 0 radical (unpaired) electrons. The molecule has 1 aliphatic rings. The predicted molar refractivity (Wildman–Crippen MR) is 79.5 cm³/mol. The van der Waals surface area contributed by atoms with Crippen LogP contribution in [-0.2, 0) is 9.47 Å². The SMILES string of the molecule is COC(=O)c1ccc([C@@H]2[C@@H](O)CN2C(=O)OC(C)(C)C)cc1. The van der Waals surface area contributed by atoms with Crippen LogP contribution < -0.4 is 0 Å². The number of carbonyl (C=O) groups excluding carboxylic acids is 2. The second-order valence-corrected chi connectivity index (χ2v) is 6.26. The Morgan fingerprint density at radius 3 is 2.27 bits per heavy atom. The maximum absolute atomic E-state index is 12.1. The number of amides is 1. The molecule has 1 heterocycles. The van der Waals surface area contributed by atoms with Gasteiger partial charge in [0, 0.05) is 0 Å². The summed E-state index contributed by atoms with van der Waals surface area (Å²) in [6.07, 6.45) is -1.10. The van der Waals surface area contributed by atoms with Crippen molar-refractivity contribution in [2.24, 2.45) is 0 Å². The van der Waals surface area contributed by atoms with Gasteiger partial charge in [-0.1, -0.05) is 12.1 Å². The molecular formula is C16H21NO5. The summed E-state index contributed by atoms with van der Waals surface area (Å²) < 4.78 is 9.96. The largest absolute Gasteiger partial charge is 0.465 e. The highest BCUT2D eigenvalue weighted by Crippen LogP contribution is 2.35. The molecule has 6 nitrogen and oxygen atoms in total. The van der Waals surface area contributed by atoms with E-state index in [1.807, 2.05) is 0 Å². The molecule has 1 aromatic rings. The van der Waals surface area contributed by atoms with Crippen molar-refractivity contribution in [3.63, 3.8) is 0 Å². The van der Waals surface area contributed by atoms with Crippen LogP contribution in [0.3, 0.4) is 0 Å². The minimum Gasteiger partial charge on any atom is -0.465 e. The number of ether oxygens (including phenoxy) is 2. The Kier molecular flexibility index (Phi) is 4.42. The summed E-state index contributed by atoms with van der Waals surface area (Å²) in [7, 11) is 1.32. The van der Waals surface area contributed by atoms with Gasteiger partial charge in [0.15, 0.2) is 0 Å². The fraction of sp³-hybridized carbons (Fsp3) is 0.500. The van der Waals surface area contributed by atoms with Crippen molar-refractivity contribution in [1.29, 1.82) is 0 Å². The van der Waals surface area contributed by atoms with E-state index >= 15 is 0 Å². The molecule has 1 N–H and O–H groups in total. The lowest BCUT2D eigenvalue weighted by atomic mass is 9.91. The summed E-state index contributed by atoms with van der Waals surface area (Å²) >= 11 is 0. The number of aliphatic hydroxyl groups excluding tert-OH is 1. The minimum atomic E-state index is -0.642.